The number of aryl methyl sites for hydroxylation is 1. The number of piperidine rings is 1. The SMILES string of the molecule is Cc1cc(N2CCC(CN3CC(C)OC(C)C3)CC2)ccn1. The van der Waals surface area contributed by atoms with Crippen LogP contribution in [0.25, 0.3) is 0 Å². The van der Waals surface area contributed by atoms with Gasteiger partial charge in [0.2, 0.25) is 0 Å². The molecule has 0 amide bonds. The van der Waals surface area contributed by atoms with Crippen molar-refractivity contribution in [3.63, 3.8) is 0 Å². The summed E-state index contributed by atoms with van der Waals surface area (Å²) in [6, 6.07) is 4.34. The van der Waals surface area contributed by atoms with Gasteiger partial charge in [0.15, 0.2) is 0 Å². The van der Waals surface area contributed by atoms with Crippen LogP contribution < -0.4 is 4.90 Å². The van der Waals surface area contributed by atoms with Crippen LogP contribution in [-0.4, -0.2) is 54.8 Å². The molecule has 2 aliphatic heterocycles. The molecule has 0 spiro atoms. The van der Waals surface area contributed by atoms with E-state index in [1.54, 1.807) is 0 Å². The van der Waals surface area contributed by atoms with E-state index in [1.807, 2.05) is 6.20 Å². The molecule has 0 aliphatic carbocycles. The lowest BCUT2D eigenvalue weighted by atomic mass is 9.95. The van der Waals surface area contributed by atoms with Gasteiger partial charge in [0.25, 0.3) is 0 Å². The maximum absolute atomic E-state index is 5.84. The highest BCUT2D eigenvalue weighted by molar-refractivity contribution is 5.46. The topological polar surface area (TPSA) is 28.6 Å². The van der Waals surface area contributed by atoms with Crippen LogP contribution >= 0.6 is 0 Å². The highest BCUT2D eigenvalue weighted by Gasteiger charge is 2.26. The Morgan fingerprint density at radius 3 is 2.50 bits per heavy atom. The van der Waals surface area contributed by atoms with Gasteiger partial charge in [0, 0.05) is 50.3 Å². The standard InChI is InChI=1S/C18H29N3O/c1-14-10-18(4-7-19-14)21-8-5-17(6-9-21)13-20-11-15(2)22-16(3)12-20/h4,7,10,15-17H,5-6,8-9,11-13H2,1-3H3. The predicted molar refractivity (Wildman–Crippen MR) is 90.4 cm³/mol. The molecule has 0 aromatic carbocycles. The maximum atomic E-state index is 5.84. The minimum Gasteiger partial charge on any atom is -0.373 e. The molecular formula is C18H29N3O. The van der Waals surface area contributed by atoms with E-state index in [0.717, 1.165) is 24.7 Å². The summed E-state index contributed by atoms with van der Waals surface area (Å²) >= 11 is 0. The summed E-state index contributed by atoms with van der Waals surface area (Å²) in [6.07, 6.45) is 5.27. The molecule has 0 N–H and O–H groups in total. The van der Waals surface area contributed by atoms with E-state index in [-0.39, 0.29) is 0 Å². The molecule has 2 aliphatic rings. The highest BCUT2D eigenvalue weighted by Crippen LogP contribution is 2.25. The third-order valence-electron chi connectivity index (χ3n) is 4.87. The number of pyridine rings is 1. The van der Waals surface area contributed by atoms with Crippen molar-refractivity contribution in [2.75, 3.05) is 37.6 Å². The van der Waals surface area contributed by atoms with E-state index >= 15 is 0 Å². The van der Waals surface area contributed by atoms with Crippen molar-refractivity contribution < 1.29 is 4.74 Å². The number of ether oxygens (including phenoxy) is 1. The van der Waals surface area contributed by atoms with Gasteiger partial charge in [-0.05, 0) is 51.7 Å². The summed E-state index contributed by atoms with van der Waals surface area (Å²) in [5.41, 5.74) is 2.44. The van der Waals surface area contributed by atoms with E-state index < -0.39 is 0 Å². The molecule has 0 bridgehead atoms. The van der Waals surface area contributed by atoms with Gasteiger partial charge in [-0.2, -0.15) is 0 Å². The third-order valence-corrected chi connectivity index (χ3v) is 4.87. The smallest absolute Gasteiger partial charge is 0.0678 e. The Morgan fingerprint density at radius 1 is 1.18 bits per heavy atom. The van der Waals surface area contributed by atoms with E-state index in [1.165, 1.54) is 38.2 Å². The first kappa shape index (κ1) is 15.8. The highest BCUT2D eigenvalue weighted by atomic mass is 16.5. The molecule has 1 aromatic rings. The van der Waals surface area contributed by atoms with Crippen LogP contribution in [0.15, 0.2) is 18.3 Å². The van der Waals surface area contributed by atoms with Gasteiger partial charge in [-0.1, -0.05) is 0 Å². The van der Waals surface area contributed by atoms with Crippen LogP contribution in [0.5, 0.6) is 0 Å². The summed E-state index contributed by atoms with van der Waals surface area (Å²) < 4.78 is 5.84. The summed E-state index contributed by atoms with van der Waals surface area (Å²) in [5, 5.41) is 0. The normalized spacial score (nSPS) is 28.0. The predicted octanol–water partition coefficient (Wildman–Crippen LogP) is 2.72. The summed E-state index contributed by atoms with van der Waals surface area (Å²) in [6.45, 7) is 12.2. The van der Waals surface area contributed by atoms with E-state index in [4.69, 9.17) is 4.74 Å². The first-order valence-corrected chi connectivity index (χ1v) is 8.65. The van der Waals surface area contributed by atoms with Crippen molar-refractivity contribution in [3.05, 3.63) is 24.0 Å². The molecule has 0 radical (unpaired) electrons. The van der Waals surface area contributed by atoms with Gasteiger partial charge in [0.05, 0.1) is 12.2 Å². The van der Waals surface area contributed by atoms with Crippen LogP contribution in [0, 0.1) is 12.8 Å². The fraction of sp³-hybridized carbons (Fsp3) is 0.722. The van der Waals surface area contributed by atoms with Gasteiger partial charge in [0.1, 0.15) is 0 Å². The zero-order valence-electron chi connectivity index (χ0n) is 14.2. The number of aromatic nitrogens is 1. The van der Waals surface area contributed by atoms with Crippen molar-refractivity contribution in [2.24, 2.45) is 5.92 Å². The van der Waals surface area contributed by atoms with Crippen molar-refractivity contribution in [2.45, 2.75) is 45.8 Å². The fourth-order valence-electron chi connectivity index (χ4n) is 3.90. The van der Waals surface area contributed by atoms with Crippen LogP contribution in [0.1, 0.15) is 32.4 Å². The second-order valence-corrected chi connectivity index (χ2v) is 7.06. The number of nitrogens with zero attached hydrogens (tertiary/aromatic N) is 3. The Kier molecular flexibility index (Phi) is 4.99. The molecule has 2 saturated heterocycles. The average molecular weight is 303 g/mol. The molecule has 22 heavy (non-hydrogen) atoms. The zero-order valence-corrected chi connectivity index (χ0v) is 14.2. The second-order valence-electron chi connectivity index (χ2n) is 7.06. The quantitative estimate of drug-likeness (QED) is 0.858. The van der Waals surface area contributed by atoms with Crippen molar-refractivity contribution in [3.8, 4) is 0 Å². The molecule has 4 nitrogen and oxygen atoms in total. The molecule has 122 valence electrons. The van der Waals surface area contributed by atoms with Crippen LogP contribution in [0.4, 0.5) is 5.69 Å². The van der Waals surface area contributed by atoms with Gasteiger partial charge in [-0.25, -0.2) is 0 Å². The lowest BCUT2D eigenvalue weighted by molar-refractivity contribution is -0.0720. The lowest BCUT2D eigenvalue weighted by Crippen LogP contribution is -2.48. The zero-order chi connectivity index (χ0) is 15.5. The van der Waals surface area contributed by atoms with Gasteiger partial charge in [-0.3, -0.25) is 9.88 Å². The number of hydrogen-bond donors (Lipinski definition) is 0. The van der Waals surface area contributed by atoms with Crippen molar-refractivity contribution in [1.82, 2.24) is 9.88 Å². The Morgan fingerprint density at radius 2 is 1.86 bits per heavy atom. The number of rotatable bonds is 3. The first-order chi connectivity index (χ1) is 10.6. The number of hydrogen-bond acceptors (Lipinski definition) is 4. The van der Waals surface area contributed by atoms with Crippen LogP contribution in [0.2, 0.25) is 0 Å². The maximum Gasteiger partial charge on any atom is 0.0678 e. The van der Waals surface area contributed by atoms with E-state index in [2.05, 4.69) is 47.7 Å². The monoisotopic (exact) mass is 303 g/mol. The molecule has 3 heterocycles. The Bertz CT molecular complexity index is 475. The Labute approximate surface area is 134 Å². The fourth-order valence-corrected chi connectivity index (χ4v) is 3.90. The van der Waals surface area contributed by atoms with Crippen LogP contribution in [-0.2, 0) is 4.74 Å². The summed E-state index contributed by atoms with van der Waals surface area (Å²) in [5.74, 6) is 0.830. The van der Waals surface area contributed by atoms with Gasteiger partial charge >= 0.3 is 0 Å². The molecular weight excluding hydrogens is 274 g/mol. The molecule has 1 aromatic heterocycles. The minimum atomic E-state index is 0.378. The number of morpholine rings is 1. The van der Waals surface area contributed by atoms with E-state index in [9.17, 15) is 0 Å². The molecule has 4 heteroatoms. The average Bonchev–Trinajstić information content (AvgIpc) is 2.47. The summed E-state index contributed by atoms with van der Waals surface area (Å²) in [7, 11) is 0. The van der Waals surface area contributed by atoms with Gasteiger partial charge < -0.3 is 9.64 Å². The minimum absolute atomic E-state index is 0.378. The Hall–Kier alpha value is -1.13. The van der Waals surface area contributed by atoms with Crippen LogP contribution in [0.3, 0.4) is 0 Å². The number of anilines is 1. The van der Waals surface area contributed by atoms with Crippen molar-refractivity contribution >= 4 is 5.69 Å². The van der Waals surface area contributed by atoms with Crippen molar-refractivity contribution in [1.29, 1.82) is 0 Å². The molecule has 2 atom stereocenters. The van der Waals surface area contributed by atoms with Gasteiger partial charge in [-0.15, -0.1) is 0 Å². The molecule has 0 saturated carbocycles. The first-order valence-electron chi connectivity index (χ1n) is 8.65. The third kappa shape index (κ3) is 3.99. The Balaban J connectivity index is 1.49. The molecule has 2 fully saturated rings. The second kappa shape index (κ2) is 6.97. The lowest BCUT2D eigenvalue weighted by Gasteiger charge is -2.40. The van der Waals surface area contributed by atoms with E-state index in [0.29, 0.717) is 12.2 Å². The molecule has 2 unspecified atom stereocenters. The molecule has 3 rings (SSSR count). The summed E-state index contributed by atoms with van der Waals surface area (Å²) in [4.78, 5) is 9.41. The largest absolute Gasteiger partial charge is 0.373 e.